The topological polar surface area (TPSA) is 12.0 Å². The molecule has 0 amide bonds. The number of benzene rings is 1. The highest BCUT2D eigenvalue weighted by atomic mass is 79.9. The van der Waals surface area contributed by atoms with Gasteiger partial charge in [-0.15, -0.1) is 11.6 Å². The summed E-state index contributed by atoms with van der Waals surface area (Å²) in [5.41, 5.74) is 1.29. The van der Waals surface area contributed by atoms with Gasteiger partial charge in [-0.3, -0.25) is 0 Å². The van der Waals surface area contributed by atoms with Crippen LogP contribution in [0.3, 0.4) is 0 Å². The Bertz CT molecular complexity index is 390. The summed E-state index contributed by atoms with van der Waals surface area (Å²) >= 11 is 9.43. The number of nitrogens with one attached hydrogen (secondary N) is 1. The second-order valence-electron chi connectivity index (χ2n) is 5.74. The van der Waals surface area contributed by atoms with Crippen molar-refractivity contribution in [3.63, 3.8) is 0 Å². The van der Waals surface area contributed by atoms with E-state index in [1.165, 1.54) is 6.07 Å². The summed E-state index contributed by atoms with van der Waals surface area (Å²) in [6.07, 6.45) is 0.967. The lowest BCUT2D eigenvalue weighted by Crippen LogP contribution is -2.26. The summed E-state index contributed by atoms with van der Waals surface area (Å²) in [6, 6.07) is 5.03. The van der Waals surface area contributed by atoms with Gasteiger partial charge in [0.15, 0.2) is 0 Å². The summed E-state index contributed by atoms with van der Waals surface area (Å²) in [5, 5.41) is 3.41. The Kier molecular flexibility index (Phi) is 6.09. The van der Waals surface area contributed by atoms with E-state index < -0.39 is 0 Å². The molecule has 0 radical (unpaired) electrons. The maximum Gasteiger partial charge on any atom is 0.137 e. The van der Waals surface area contributed by atoms with Crippen LogP contribution in [0.2, 0.25) is 0 Å². The lowest BCUT2D eigenvalue weighted by molar-refractivity contribution is 0.364. The predicted molar refractivity (Wildman–Crippen MR) is 79.5 cm³/mol. The maximum atomic E-state index is 13.0. The highest BCUT2D eigenvalue weighted by Crippen LogP contribution is 2.23. The molecule has 0 aliphatic carbocycles. The summed E-state index contributed by atoms with van der Waals surface area (Å²) in [4.78, 5) is 0. The Balaban J connectivity index is 2.35. The first-order chi connectivity index (χ1) is 8.28. The van der Waals surface area contributed by atoms with E-state index >= 15 is 0 Å². The lowest BCUT2D eigenvalue weighted by atomic mass is 9.90. The lowest BCUT2D eigenvalue weighted by Gasteiger charge is -2.22. The quantitative estimate of drug-likeness (QED) is 0.767. The maximum absolute atomic E-state index is 13.0. The Morgan fingerprint density at radius 1 is 1.39 bits per heavy atom. The monoisotopic (exact) mass is 335 g/mol. The van der Waals surface area contributed by atoms with E-state index in [-0.39, 0.29) is 16.6 Å². The SMILES string of the molecule is CC(C)(C)CC(Cl)CNCc1ccc(F)c(Br)c1. The van der Waals surface area contributed by atoms with Crippen molar-refractivity contribution in [2.75, 3.05) is 6.54 Å². The molecule has 1 rings (SSSR count). The standard InChI is InChI=1S/C14H20BrClFN/c1-14(2,3)7-11(16)9-18-8-10-4-5-13(17)12(15)6-10/h4-6,11,18H,7-9H2,1-3H3. The zero-order chi connectivity index (χ0) is 13.8. The van der Waals surface area contributed by atoms with Crippen LogP contribution in [0, 0.1) is 11.2 Å². The number of rotatable bonds is 5. The smallest absolute Gasteiger partial charge is 0.137 e. The highest BCUT2D eigenvalue weighted by Gasteiger charge is 2.16. The van der Waals surface area contributed by atoms with E-state index in [9.17, 15) is 4.39 Å². The van der Waals surface area contributed by atoms with Gasteiger partial charge >= 0.3 is 0 Å². The van der Waals surface area contributed by atoms with Gasteiger partial charge in [0.2, 0.25) is 0 Å². The molecule has 18 heavy (non-hydrogen) atoms. The van der Waals surface area contributed by atoms with Crippen molar-refractivity contribution in [2.24, 2.45) is 5.41 Å². The second kappa shape index (κ2) is 6.88. The minimum atomic E-state index is -0.235. The normalized spacial score (nSPS) is 13.7. The number of hydrogen-bond donors (Lipinski definition) is 1. The molecular weight excluding hydrogens is 317 g/mol. The highest BCUT2D eigenvalue weighted by molar-refractivity contribution is 9.10. The molecule has 102 valence electrons. The largest absolute Gasteiger partial charge is 0.311 e. The molecule has 0 aliphatic rings. The Morgan fingerprint density at radius 2 is 2.06 bits per heavy atom. The van der Waals surface area contributed by atoms with E-state index in [1.54, 1.807) is 12.1 Å². The Morgan fingerprint density at radius 3 is 2.61 bits per heavy atom. The fourth-order valence-electron chi connectivity index (χ4n) is 1.76. The van der Waals surface area contributed by atoms with Crippen molar-refractivity contribution in [3.8, 4) is 0 Å². The molecule has 1 N–H and O–H groups in total. The fraction of sp³-hybridized carbons (Fsp3) is 0.571. The van der Waals surface area contributed by atoms with Crippen molar-refractivity contribution >= 4 is 27.5 Å². The van der Waals surface area contributed by atoms with Crippen molar-refractivity contribution in [1.82, 2.24) is 5.32 Å². The van der Waals surface area contributed by atoms with Gasteiger partial charge in [-0.25, -0.2) is 4.39 Å². The molecular formula is C14H20BrClFN. The van der Waals surface area contributed by atoms with Crippen LogP contribution in [-0.2, 0) is 6.54 Å². The first kappa shape index (κ1) is 15.9. The third-order valence-electron chi connectivity index (χ3n) is 2.51. The Hall–Kier alpha value is -0.120. The van der Waals surface area contributed by atoms with Crippen LogP contribution in [0.25, 0.3) is 0 Å². The molecule has 4 heteroatoms. The minimum Gasteiger partial charge on any atom is -0.311 e. The molecule has 0 bridgehead atoms. The molecule has 1 aromatic rings. The van der Waals surface area contributed by atoms with Crippen LogP contribution < -0.4 is 5.32 Å². The van der Waals surface area contributed by atoms with Gasteiger partial charge in [0.1, 0.15) is 5.82 Å². The van der Waals surface area contributed by atoms with Crippen LogP contribution in [0.15, 0.2) is 22.7 Å². The molecule has 1 unspecified atom stereocenters. The zero-order valence-corrected chi connectivity index (χ0v) is 13.4. The zero-order valence-electron chi connectivity index (χ0n) is 11.1. The Labute approximate surface area is 122 Å². The van der Waals surface area contributed by atoms with Crippen LogP contribution >= 0.6 is 27.5 Å². The molecule has 0 fully saturated rings. The van der Waals surface area contributed by atoms with Crippen LogP contribution in [0.4, 0.5) is 4.39 Å². The van der Waals surface area contributed by atoms with E-state index in [1.807, 2.05) is 0 Å². The van der Waals surface area contributed by atoms with Gasteiger partial charge in [0.05, 0.1) is 4.47 Å². The van der Waals surface area contributed by atoms with Gasteiger partial charge in [-0.2, -0.15) is 0 Å². The van der Waals surface area contributed by atoms with Gasteiger partial charge in [-0.1, -0.05) is 26.8 Å². The number of alkyl halides is 1. The van der Waals surface area contributed by atoms with E-state index in [2.05, 4.69) is 42.0 Å². The molecule has 0 saturated carbocycles. The van der Waals surface area contributed by atoms with Crippen molar-refractivity contribution in [3.05, 3.63) is 34.1 Å². The van der Waals surface area contributed by atoms with Gasteiger partial charge in [-0.05, 0) is 45.5 Å². The van der Waals surface area contributed by atoms with Crippen LogP contribution in [0.1, 0.15) is 32.8 Å². The third-order valence-corrected chi connectivity index (χ3v) is 3.43. The van der Waals surface area contributed by atoms with Gasteiger partial charge in [0.25, 0.3) is 0 Å². The average molecular weight is 337 g/mol. The summed E-state index contributed by atoms with van der Waals surface area (Å²) < 4.78 is 13.5. The van der Waals surface area contributed by atoms with Crippen LogP contribution in [0.5, 0.6) is 0 Å². The van der Waals surface area contributed by atoms with Crippen molar-refractivity contribution in [2.45, 2.75) is 39.1 Å². The molecule has 0 saturated heterocycles. The molecule has 0 spiro atoms. The molecule has 1 aromatic carbocycles. The second-order valence-corrected chi connectivity index (χ2v) is 7.21. The minimum absolute atomic E-state index is 0.119. The molecule has 1 atom stereocenters. The first-order valence-electron chi connectivity index (χ1n) is 6.06. The summed E-state index contributed by atoms with van der Waals surface area (Å²) in [6.45, 7) is 8.00. The van der Waals surface area contributed by atoms with Gasteiger partial charge < -0.3 is 5.32 Å². The van der Waals surface area contributed by atoms with E-state index in [4.69, 9.17) is 11.6 Å². The summed E-state index contributed by atoms with van der Waals surface area (Å²) in [7, 11) is 0. The average Bonchev–Trinajstić information content (AvgIpc) is 2.20. The first-order valence-corrected chi connectivity index (χ1v) is 7.29. The number of halogens is 3. The van der Waals surface area contributed by atoms with Crippen LogP contribution in [-0.4, -0.2) is 11.9 Å². The molecule has 0 aromatic heterocycles. The van der Waals surface area contributed by atoms with Gasteiger partial charge in [0, 0.05) is 18.5 Å². The van der Waals surface area contributed by atoms with E-state index in [0.717, 1.165) is 18.5 Å². The van der Waals surface area contributed by atoms with Crippen molar-refractivity contribution < 1.29 is 4.39 Å². The predicted octanol–water partition coefficient (Wildman–Crippen LogP) is 4.72. The van der Waals surface area contributed by atoms with E-state index in [0.29, 0.717) is 11.0 Å². The summed E-state index contributed by atoms with van der Waals surface area (Å²) in [5.74, 6) is -0.235. The third kappa shape index (κ3) is 6.17. The number of hydrogen-bond acceptors (Lipinski definition) is 1. The van der Waals surface area contributed by atoms with Crippen molar-refractivity contribution in [1.29, 1.82) is 0 Å². The molecule has 0 heterocycles. The fourth-order valence-corrected chi connectivity index (χ4v) is 2.76. The molecule has 1 nitrogen and oxygen atoms in total. The molecule has 0 aliphatic heterocycles.